The standard InChI is InChI=1S/C13H17ClN2OS2/c1-7-5-13(6-7,11(15)18)12(17)16-8(2)9-3-4-10(14)19-9/h3-4,7-8H,5-6H2,1-2H3,(H2,15,18)(H,16,17). The van der Waals surface area contributed by atoms with Crippen molar-refractivity contribution in [2.24, 2.45) is 17.1 Å². The summed E-state index contributed by atoms with van der Waals surface area (Å²) in [5.41, 5.74) is 5.12. The molecule has 1 amide bonds. The van der Waals surface area contributed by atoms with Crippen LogP contribution >= 0.6 is 35.2 Å². The molecule has 0 aromatic carbocycles. The Morgan fingerprint density at radius 1 is 1.63 bits per heavy atom. The number of thiophene rings is 1. The van der Waals surface area contributed by atoms with Crippen LogP contribution < -0.4 is 11.1 Å². The molecule has 104 valence electrons. The molecule has 19 heavy (non-hydrogen) atoms. The molecule has 1 fully saturated rings. The zero-order chi connectivity index (χ0) is 14.2. The van der Waals surface area contributed by atoms with Gasteiger partial charge in [-0.3, -0.25) is 4.79 Å². The van der Waals surface area contributed by atoms with Crippen LogP contribution in [-0.2, 0) is 4.79 Å². The zero-order valence-electron chi connectivity index (χ0n) is 10.9. The van der Waals surface area contributed by atoms with Gasteiger partial charge in [-0.15, -0.1) is 11.3 Å². The lowest BCUT2D eigenvalue weighted by atomic mass is 9.62. The molecule has 1 heterocycles. The number of rotatable bonds is 4. The van der Waals surface area contributed by atoms with Gasteiger partial charge in [-0.2, -0.15) is 0 Å². The van der Waals surface area contributed by atoms with Gasteiger partial charge in [0, 0.05) is 4.88 Å². The Hall–Kier alpha value is -0.650. The molecular weight excluding hydrogens is 300 g/mol. The van der Waals surface area contributed by atoms with Gasteiger partial charge in [0.05, 0.1) is 20.8 Å². The molecule has 2 rings (SSSR count). The quantitative estimate of drug-likeness (QED) is 0.838. The van der Waals surface area contributed by atoms with E-state index in [-0.39, 0.29) is 11.9 Å². The molecule has 1 aliphatic carbocycles. The van der Waals surface area contributed by atoms with E-state index in [9.17, 15) is 4.79 Å². The van der Waals surface area contributed by atoms with Crippen LogP contribution in [0.15, 0.2) is 12.1 Å². The number of thiocarbonyl (C=S) groups is 1. The van der Waals surface area contributed by atoms with Crippen molar-refractivity contribution in [3.8, 4) is 0 Å². The van der Waals surface area contributed by atoms with Crippen molar-refractivity contribution in [2.75, 3.05) is 0 Å². The fraction of sp³-hybridized carbons (Fsp3) is 0.538. The van der Waals surface area contributed by atoms with Crippen LogP contribution in [0.4, 0.5) is 0 Å². The molecule has 0 aliphatic heterocycles. The third-order valence-electron chi connectivity index (χ3n) is 3.67. The van der Waals surface area contributed by atoms with Crippen molar-refractivity contribution in [3.63, 3.8) is 0 Å². The monoisotopic (exact) mass is 316 g/mol. The second kappa shape index (κ2) is 5.38. The maximum absolute atomic E-state index is 12.4. The summed E-state index contributed by atoms with van der Waals surface area (Å²) >= 11 is 12.5. The van der Waals surface area contributed by atoms with E-state index in [2.05, 4.69) is 12.2 Å². The predicted octanol–water partition coefficient (Wildman–Crippen LogP) is 3.28. The average Bonchev–Trinajstić information content (AvgIpc) is 2.70. The lowest BCUT2D eigenvalue weighted by Crippen LogP contribution is -2.56. The number of carbonyl (C=O) groups is 1. The number of hydrogen-bond donors (Lipinski definition) is 2. The van der Waals surface area contributed by atoms with Crippen molar-refractivity contribution in [1.29, 1.82) is 0 Å². The van der Waals surface area contributed by atoms with Crippen LogP contribution in [0.1, 0.15) is 37.6 Å². The first kappa shape index (κ1) is 14.8. The highest BCUT2D eigenvalue weighted by Gasteiger charge is 2.51. The van der Waals surface area contributed by atoms with Crippen LogP contribution in [0.3, 0.4) is 0 Å². The topological polar surface area (TPSA) is 55.1 Å². The molecule has 6 heteroatoms. The van der Waals surface area contributed by atoms with Gasteiger partial charge in [-0.05, 0) is 37.8 Å². The predicted molar refractivity (Wildman–Crippen MR) is 83.5 cm³/mol. The highest BCUT2D eigenvalue weighted by atomic mass is 35.5. The van der Waals surface area contributed by atoms with Gasteiger partial charge in [0.2, 0.25) is 5.91 Å². The van der Waals surface area contributed by atoms with Crippen molar-refractivity contribution in [2.45, 2.75) is 32.7 Å². The van der Waals surface area contributed by atoms with Gasteiger partial charge in [-0.25, -0.2) is 0 Å². The van der Waals surface area contributed by atoms with Crippen molar-refractivity contribution in [1.82, 2.24) is 5.32 Å². The summed E-state index contributed by atoms with van der Waals surface area (Å²) in [6, 6.07) is 3.68. The second-order valence-corrected chi connectivity index (χ2v) is 7.48. The summed E-state index contributed by atoms with van der Waals surface area (Å²) in [4.78, 5) is 13.8. The summed E-state index contributed by atoms with van der Waals surface area (Å²) in [7, 11) is 0. The summed E-state index contributed by atoms with van der Waals surface area (Å²) in [6.07, 6.45) is 1.48. The number of nitrogens with two attached hydrogens (primary N) is 1. The van der Waals surface area contributed by atoms with E-state index in [1.165, 1.54) is 11.3 Å². The molecule has 1 aromatic heterocycles. The van der Waals surface area contributed by atoms with Crippen LogP contribution in [0.25, 0.3) is 0 Å². The van der Waals surface area contributed by atoms with Crippen LogP contribution in [0, 0.1) is 11.3 Å². The lowest BCUT2D eigenvalue weighted by molar-refractivity contribution is -0.133. The van der Waals surface area contributed by atoms with Crippen LogP contribution in [0.5, 0.6) is 0 Å². The van der Waals surface area contributed by atoms with Gasteiger partial charge in [0.1, 0.15) is 0 Å². The molecule has 0 bridgehead atoms. The molecular formula is C13H17ClN2OS2. The Morgan fingerprint density at radius 2 is 2.26 bits per heavy atom. The minimum absolute atomic E-state index is 0.0601. The van der Waals surface area contributed by atoms with Crippen LogP contribution in [-0.4, -0.2) is 10.9 Å². The zero-order valence-corrected chi connectivity index (χ0v) is 13.3. The Balaban J connectivity index is 2.06. The normalized spacial score (nSPS) is 27.4. The summed E-state index contributed by atoms with van der Waals surface area (Å²) in [6.45, 7) is 4.04. The molecule has 3 nitrogen and oxygen atoms in total. The van der Waals surface area contributed by atoms with Gasteiger partial charge >= 0.3 is 0 Å². The van der Waals surface area contributed by atoms with Crippen molar-refractivity contribution >= 4 is 46.1 Å². The highest BCUT2D eigenvalue weighted by molar-refractivity contribution is 7.80. The molecule has 1 atom stereocenters. The van der Waals surface area contributed by atoms with Crippen molar-refractivity contribution in [3.05, 3.63) is 21.3 Å². The first-order valence-corrected chi connectivity index (χ1v) is 7.81. The SMILES string of the molecule is CC1CC(C(=O)NC(C)c2ccc(Cl)s2)(C(N)=S)C1. The molecule has 1 aromatic rings. The largest absolute Gasteiger partial charge is 0.392 e. The van der Waals surface area contributed by atoms with E-state index in [1.54, 1.807) is 0 Å². The van der Waals surface area contributed by atoms with Gasteiger partial charge in [0.15, 0.2) is 0 Å². The molecule has 1 unspecified atom stereocenters. The molecule has 1 aliphatic rings. The summed E-state index contributed by atoms with van der Waals surface area (Å²) in [5.74, 6) is 0.439. The Kier molecular flexibility index (Phi) is 4.18. The Morgan fingerprint density at radius 3 is 2.68 bits per heavy atom. The van der Waals surface area contributed by atoms with Crippen LogP contribution in [0.2, 0.25) is 4.34 Å². The molecule has 0 radical (unpaired) electrons. The first-order chi connectivity index (χ1) is 8.85. The maximum atomic E-state index is 12.4. The third kappa shape index (κ3) is 2.78. The van der Waals surface area contributed by atoms with Gasteiger partial charge in [0.25, 0.3) is 0 Å². The minimum Gasteiger partial charge on any atom is -0.392 e. The molecule has 3 N–H and O–H groups in total. The summed E-state index contributed by atoms with van der Waals surface area (Å²) in [5, 5.41) is 3.00. The van der Waals surface area contributed by atoms with E-state index >= 15 is 0 Å². The van der Waals surface area contributed by atoms with E-state index in [0.29, 0.717) is 10.9 Å². The molecule has 1 saturated carbocycles. The van der Waals surface area contributed by atoms with E-state index < -0.39 is 5.41 Å². The Bertz CT molecular complexity index is 508. The second-order valence-electron chi connectivity index (χ2n) is 5.30. The van der Waals surface area contributed by atoms with E-state index in [1.807, 2.05) is 19.1 Å². The fourth-order valence-corrected chi connectivity index (χ4v) is 3.92. The maximum Gasteiger partial charge on any atom is 0.233 e. The van der Waals surface area contributed by atoms with Gasteiger partial charge < -0.3 is 11.1 Å². The third-order valence-corrected chi connectivity index (χ3v) is 5.47. The fourth-order valence-electron chi connectivity index (χ4n) is 2.60. The minimum atomic E-state index is -0.649. The molecule has 0 spiro atoms. The van der Waals surface area contributed by atoms with Crippen molar-refractivity contribution < 1.29 is 4.79 Å². The number of halogens is 1. The number of nitrogens with one attached hydrogen (secondary N) is 1. The molecule has 0 saturated heterocycles. The number of amides is 1. The van der Waals surface area contributed by atoms with Gasteiger partial charge in [-0.1, -0.05) is 30.7 Å². The first-order valence-electron chi connectivity index (χ1n) is 6.21. The Labute approximate surface area is 127 Å². The number of hydrogen-bond acceptors (Lipinski definition) is 3. The average molecular weight is 317 g/mol. The summed E-state index contributed by atoms with van der Waals surface area (Å²) < 4.78 is 0.720. The van der Waals surface area contributed by atoms with E-state index in [4.69, 9.17) is 29.6 Å². The van der Waals surface area contributed by atoms with E-state index in [0.717, 1.165) is 22.1 Å². The lowest BCUT2D eigenvalue weighted by Gasteiger charge is -2.44. The highest BCUT2D eigenvalue weighted by Crippen LogP contribution is 2.46. The number of carbonyl (C=O) groups excluding carboxylic acids is 1. The smallest absolute Gasteiger partial charge is 0.233 e.